The van der Waals surface area contributed by atoms with Crippen molar-refractivity contribution in [2.24, 2.45) is 5.10 Å². The summed E-state index contributed by atoms with van der Waals surface area (Å²) in [6.07, 6.45) is 4.16. The third-order valence-corrected chi connectivity index (χ3v) is 6.06. The Kier molecular flexibility index (Phi) is 8.37. The number of amides is 1. The number of benzene rings is 5. The van der Waals surface area contributed by atoms with E-state index in [0.29, 0.717) is 28.0 Å². The highest BCUT2D eigenvalue weighted by molar-refractivity contribution is 6.07. The molecule has 7 heteroatoms. The first-order chi connectivity index (χ1) is 20.1. The molecule has 0 bridgehead atoms. The average molecular weight is 541 g/mol. The third-order valence-electron chi connectivity index (χ3n) is 6.06. The fourth-order valence-corrected chi connectivity index (χ4v) is 4.07. The molecule has 0 atom stereocenters. The van der Waals surface area contributed by atoms with Crippen molar-refractivity contribution in [2.75, 3.05) is 0 Å². The number of para-hydroxylation sites is 2. The van der Waals surface area contributed by atoms with Gasteiger partial charge in [0.05, 0.1) is 11.8 Å². The van der Waals surface area contributed by atoms with Gasteiger partial charge in [0.25, 0.3) is 5.91 Å². The zero-order valence-corrected chi connectivity index (χ0v) is 21.8. The molecule has 0 aliphatic rings. The molecule has 5 aromatic rings. The smallest absolute Gasteiger partial charge is 0.343 e. The first kappa shape index (κ1) is 26.8. The molecule has 1 amide bonds. The zero-order chi connectivity index (χ0) is 28.4. The van der Waals surface area contributed by atoms with Gasteiger partial charge in [0.2, 0.25) is 0 Å². The van der Waals surface area contributed by atoms with Gasteiger partial charge >= 0.3 is 11.9 Å². The normalized spacial score (nSPS) is 11.0. The molecule has 1 N–H and O–H groups in total. The zero-order valence-electron chi connectivity index (χ0n) is 21.8. The number of ether oxygens (including phenoxy) is 2. The van der Waals surface area contributed by atoms with Crippen LogP contribution in [0.4, 0.5) is 0 Å². The molecular weight excluding hydrogens is 516 g/mol. The number of hydrogen-bond donors (Lipinski definition) is 1. The highest BCUT2D eigenvalue weighted by Gasteiger charge is 2.12. The van der Waals surface area contributed by atoms with Crippen LogP contribution >= 0.6 is 0 Å². The SMILES string of the molecule is O=C(/C=C/c1ccccc1OC(=O)c1ccccc1)Oc1ccccc1/C=N/NC(=O)c1cccc2ccccc12. The summed E-state index contributed by atoms with van der Waals surface area (Å²) >= 11 is 0. The van der Waals surface area contributed by atoms with Crippen LogP contribution in [0.1, 0.15) is 31.8 Å². The fraction of sp³-hybridized carbons (Fsp3) is 0. The maximum atomic E-state index is 12.8. The Bertz CT molecular complexity index is 1770. The van der Waals surface area contributed by atoms with Crippen LogP contribution in [0.3, 0.4) is 0 Å². The number of fused-ring (bicyclic) bond motifs is 1. The molecule has 0 aliphatic carbocycles. The van der Waals surface area contributed by atoms with Crippen LogP contribution in [-0.4, -0.2) is 24.1 Å². The van der Waals surface area contributed by atoms with Crippen molar-refractivity contribution in [1.29, 1.82) is 0 Å². The summed E-state index contributed by atoms with van der Waals surface area (Å²) < 4.78 is 11.0. The Morgan fingerprint density at radius 1 is 0.634 bits per heavy atom. The molecule has 41 heavy (non-hydrogen) atoms. The van der Waals surface area contributed by atoms with Gasteiger partial charge in [-0.05, 0) is 53.2 Å². The predicted molar refractivity (Wildman–Crippen MR) is 158 cm³/mol. The number of hydrogen-bond acceptors (Lipinski definition) is 6. The molecule has 200 valence electrons. The van der Waals surface area contributed by atoms with E-state index >= 15 is 0 Å². The lowest BCUT2D eigenvalue weighted by molar-refractivity contribution is -0.128. The van der Waals surface area contributed by atoms with E-state index < -0.39 is 11.9 Å². The Morgan fingerprint density at radius 3 is 2.07 bits per heavy atom. The Morgan fingerprint density at radius 2 is 1.27 bits per heavy atom. The van der Waals surface area contributed by atoms with Crippen LogP contribution in [0.15, 0.2) is 133 Å². The lowest BCUT2D eigenvalue weighted by Crippen LogP contribution is -2.18. The lowest BCUT2D eigenvalue weighted by Gasteiger charge is -2.08. The number of esters is 2. The van der Waals surface area contributed by atoms with Crippen LogP contribution in [0.2, 0.25) is 0 Å². The van der Waals surface area contributed by atoms with Crippen molar-refractivity contribution < 1.29 is 23.9 Å². The summed E-state index contributed by atoms with van der Waals surface area (Å²) in [5, 5.41) is 5.84. The molecule has 7 nitrogen and oxygen atoms in total. The molecule has 0 spiro atoms. The van der Waals surface area contributed by atoms with E-state index in [9.17, 15) is 14.4 Å². The topological polar surface area (TPSA) is 94.1 Å². The van der Waals surface area contributed by atoms with Gasteiger partial charge < -0.3 is 9.47 Å². The molecule has 0 heterocycles. The molecule has 0 unspecified atom stereocenters. The summed E-state index contributed by atoms with van der Waals surface area (Å²) in [7, 11) is 0. The Balaban J connectivity index is 1.24. The Labute approximate surface area is 236 Å². The van der Waals surface area contributed by atoms with Crippen molar-refractivity contribution in [3.05, 3.63) is 150 Å². The van der Waals surface area contributed by atoms with Gasteiger partial charge in [0, 0.05) is 22.8 Å². The van der Waals surface area contributed by atoms with Crippen molar-refractivity contribution in [3.63, 3.8) is 0 Å². The fourth-order valence-electron chi connectivity index (χ4n) is 4.07. The van der Waals surface area contributed by atoms with E-state index in [1.54, 1.807) is 78.9 Å². The van der Waals surface area contributed by atoms with Gasteiger partial charge in [-0.25, -0.2) is 15.0 Å². The van der Waals surface area contributed by atoms with Crippen molar-refractivity contribution in [3.8, 4) is 11.5 Å². The largest absolute Gasteiger partial charge is 0.423 e. The van der Waals surface area contributed by atoms with Crippen LogP contribution in [0, 0.1) is 0 Å². The third kappa shape index (κ3) is 6.79. The van der Waals surface area contributed by atoms with Crippen LogP contribution in [-0.2, 0) is 4.79 Å². The van der Waals surface area contributed by atoms with Crippen LogP contribution in [0.25, 0.3) is 16.8 Å². The van der Waals surface area contributed by atoms with Crippen molar-refractivity contribution >= 4 is 40.9 Å². The molecule has 5 rings (SSSR count). The maximum Gasteiger partial charge on any atom is 0.343 e. The number of hydrazone groups is 1. The molecular formula is C34H24N2O5. The van der Waals surface area contributed by atoms with Crippen molar-refractivity contribution in [1.82, 2.24) is 5.43 Å². The quantitative estimate of drug-likeness (QED) is 0.0804. The average Bonchev–Trinajstić information content (AvgIpc) is 3.01. The second-order valence-electron chi connectivity index (χ2n) is 8.81. The van der Waals surface area contributed by atoms with Gasteiger partial charge in [-0.15, -0.1) is 0 Å². The van der Waals surface area contributed by atoms with Gasteiger partial charge in [0.1, 0.15) is 11.5 Å². The summed E-state index contributed by atoms with van der Waals surface area (Å²) in [6.45, 7) is 0. The molecule has 0 radical (unpaired) electrons. The molecule has 0 saturated carbocycles. The monoisotopic (exact) mass is 540 g/mol. The van der Waals surface area contributed by atoms with E-state index in [0.717, 1.165) is 10.8 Å². The number of nitrogens with zero attached hydrogens (tertiary/aromatic N) is 1. The van der Waals surface area contributed by atoms with Gasteiger partial charge in [-0.1, -0.05) is 84.9 Å². The highest BCUT2D eigenvalue weighted by Crippen LogP contribution is 2.22. The number of nitrogens with one attached hydrogen (secondary N) is 1. The second kappa shape index (κ2) is 12.8. The molecule has 5 aromatic carbocycles. The minimum Gasteiger partial charge on any atom is -0.423 e. The van der Waals surface area contributed by atoms with Gasteiger partial charge in [-0.2, -0.15) is 5.10 Å². The minimum absolute atomic E-state index is 0.258. The predicted octanol–water partition coefficient (Wildman–Crippen LogP) is 6.44. The van der Waals surface area contributed by atoms with Gasteiger partial charge in [0.15, 0.2) is 0 Å². The summed E-state index contributed by atoms with van der Waals surface area (Å²) in [4.78, 5) is 37.9. The van der Waals surface area contributed by atoms with E-state index in [1.807, 2.05) is 42.5 Å². The van der Waals surface area contributed by atoms with E-state index in [4.69, 9.17) is 9.47 Å². The van der Waals surface area contributed by atoms with Crippen LogP contribution < -0.4 is 14.9 Å². The maximum absolute atomic E-state index is 12.8. The standard InChI is InChI=1S/C34H24N2O5/c37-32(22-21-25-12-5-8-19-30(25)41-34(39)26-13-2-1-3-14-26)40-31-20-9-6-15-27(31)23-35-36-33(38)29-18-10-16-24-11-4-7-17-28(24)29/h1-23H,(H,36,38)/b22-21+,35-23+. The first-order valence-corrected chi connectivity index (χ1v) is 12.7. The van der Waals surface area contributed by atoms with E-state index in [-0.39, 0.29) is 11.7 Å². The van der Waals surface area contributed by atoms with Crippen molar-refractivity contribution in [2.45, 2.75) is 0 Å². The Hall–Kier alpha value is -5.82. The van der Waals surface area contributed by atoms with E-state index in [1.165, 1.54) is 18.4 Å². The second-order valence-corrected chi connectivity index (χ2v) is 8.81. The minimum atomic E-state index is -0.644. The summed E-state index contributed by atoms with van der Waals surface area (Å²) in [5.74, 6) is -0.944. The van der Waals surface area contributed by atoms with E-state index in [2.05, 4.69) is 10.5 Å². The van der Waals surface area contributed by atoms with Gasteiger partial charge in [-0.3, -0.25) is 4.79 Å². The number of rotatable bonds is 8. The number of carbonyl (C=O) groups is 3. The number of carbonyl (C=O) groups excluding carboxylic acids is 3. The van der Waals surface area contributed by atoms with Crippen LogP contribution in [0.5, 0.6) is 11.5 Å². The first-order valence-electron chi connectivity index (χ1n) is 12.7. The lowest BCUT2D eigenvalue weighted by atomic mass is 10.0. The summed E-state index contributed by atoms with van der Waals surface area (Å²) in [6, 6.07) is 35.4. The molecule has 0 aliphatic heterocycles. The summed E-state index contributed by atoms with van der Waals surface area (Å²) in [5.41, 5.74) is 4.47. The molecule has 0 fully saturated rings. The molecule has 0 saturated heterocycles. The molecule has 0 aromatic heterocycles. The highest BCUT2D eigenvalue weighted by atomic mass is 16.5.